The molecule has 0 saturated heterocycles. The highest BCUT2D eigenvalue weighted by Gasteiger charge is 2.43. The zero-order valence-electron chi connectivity index (χ0n) is 10.4. The van der Waals surface area contributed by atoms with Crippen molar-refractivity contribution in [2.75, 3.05) is 0 Å². The zero-order chi connectivity index (χ0) is 14.1. The van der Waals surface area contributed by atoms with Gasteiger partial charge in [-0.3, -0.25) is 4.79 Å². The molecule has 0 fully saturated rings. The molecule has 0 heterocycles. The van der Waals surface area contributed by atoms with E-state index in [1.54, 1.807) is 13.8 Å². The maximum Gasteiger partial charge on any atom is 0.310 e. The Morgan fingerprint density at radius 1 is 1.33 bits per heavy atom. The lowest BCUT2D eigenvalue weighted by atomic mass is 9.76. The van der Waals surface area contributed by atoms with E-state index in [1.165, 1.54) is 19.1 Å². The first-order valence-corrected chi connectivity index (χ1v) is 5.59. The van der Waals surface area contributed by atoms with Crippen LogP contribution in [-0.4, -0.2) is 16.2 Å². The van der Waals surface area contributed by atoms with Crippen LogP contribution in [0.15, 0.2) is 18.2 Å². The fourth-order valence-corrected chi connectivity index (χ4v) is 2.24. The van der Waals surface area contributed by atoms with Gasteiger partial charge in [0.15, 0.2) is 11.6 Å². The van der Waals surface area contributed by atoms with Gasteiger partial charge in [-0.2, -0.15) is 0 Å². The van der Waals surface area contributed by atoms with Gasteiger partial charge in [0, 0.05) is 5.56 Å². The first-order chi connectivity index (χ1) is 8.19. The van der Waals surface area contributed by atoms with Crippen LogP contribution in [0.1, 0.15) is 26.3 Å². The average molecular weight is 258 g/mol. The van der Waals surface area contributed by atoms with Crippen LogP contribution in [0.25, 0.3) is 0 Å². The molecule has 0 bridgehead atoms. The molecule has 0 aliphatic heterocycles. The van der Waals surface area contributed by atoms with Crippen LogP contribution in [0.2, 0.25) is 0 Å². The van der Waals surface area contributed by atoms with Crippen molar-refractivity contribution in [1.82, 2.24) is 0 Å². The van der Waals surface area contributed by atoms with Crippen LogP contribution in [0.4, 0.5) is 8.78 Å². The second-order valence-corrected chi connectivity index (χ2v) is 4.81. The molecule has 1 aromatic rings. The molecule has 100 valence electrons. The average Bonchev–Trinajstić information content (AvgIpc) is 2.19. The Morgan fingerprint density at radius 3 is 2.33 bits per heavy atom. The number of carbonyl (C=O) groups is 1. The standard InChI is InChI=1S/C13H16F2O3/c1-7(2)10(12(16)17)13(3,18)8-5-4-6-9(14)11(8)15/h4-7,10,18H,1-3H3,(H,16,17). The number of aliphatic carboxylic acids is 1. The van der Waals surface area contributed by atoms with Gasteiger partial charge in [0.25, 0.3) is 0 Å². The molecule has 0 amide bonds. The van der Waals surface area contributed by atoms with E-state index in [1.807, 2.05) is 0 Å². The molecular formula is C13H16F2O3. The zero-order valence-corrected chi connectivity index (χ0v) is 10.4. The van der Waals surface area contributed by atoms with E-state index in [9.17, 15) is 18.7 Å². The highest BCUT2D eigenvalue weighted by molar-refractivity contribution is 5.72. The minimum atomic E-state index is -1.98. The largest absolute Gasteiger partial charge is 0.481 e. The van der Waals surface area contributed by atoms with Crippen molar-refractivity contribution in [3.63, 3.8) is 0 Å². The minimum Gasteiger partial charge on any atom is -0.481 e. The lowest BCUT2D eigenvalue weighted by Gasteiger charge is -2.33. The monoisotopic (exact) mass is 258 g/mol. The molecule has 3 nitrogen and oxygen atoms in total. The second-order valence-electron chi connectivity index (χ2n) is 4.81. The van der Waals surface area contributed by atoms with Crippen LogP contribution in [0.5, 0.6) is 0 Å². The molecule has 0 aliphatic carbocycles. The summed E-state index contributed by atoms with van der Waals surface area (Å²) < 4.78 is 26.8. The molecule has 0 radical (unpaired) electrons. The van der Waals surface area contributed by atoms with E-state index in [0.29, 0.717) is 0 Å². The Labute approximate surface area is 104 Å². The van der Waals surface area contributed by atoms with Crippen molar-refractivity contribution in [2.24, 2.45) is 11.8 Å². The predicted molar refractivity (Wildman–Crippen MR) is 61.9 cm³/mol. The molecule has 1 rings (SSSR count). The molecule has 2 unspecified atom stereocenters. The lowest BCUT2D eigenvalue weighted by molar-refractivity contribution is -0.155. The second kappa shape index (κ2) is 5.02. The van der Waals surface area contributed by atoms with Crippen LogP contribution < -0.4 is 0 Å². The molecule has 1 aromatic carbocycles. The molecular weight excluding hydrogens is 242 g/mol. The highest BCUT2D eigenvalue weighted by Crippen LogP contribution is 2.36. The Morgan fingerprint density at radius 2 is 1.89 bits per heavy atom. The first kappa shape index (κ1) is 14.6. The summed E-state index contributed by atoms with van der Waals surface area (Å²) in [5.74, 6) is -5.23. The van der Waals surface area contributed by atoms with Gasteiger partial charge in [-0.05, 0) is 18.9 Å². The smallest absolute Gasteiger partial charge is 0.310 e. The van der Waals surface area contributed by atoms with Gasteiger partial charge in [0.2, 0.25) is 0 Å². The topological polar surface area (TPSA) is 57.5 Å². The fraction of sp³-hybridized carbons (Fsp3) is 0.462. The van der Waals surface area contributed by atoms with E-state index in [4.69, 9.17) is 5.11 Å². The Bertz CT molecular complexity index is 456. The maximum atomic E-state index is 13.7. The summed E-state index contributed by atoms with van der Waals surface area (Å²) in [7, 11) is 0. The van der Waals surface area contributed by atoms with E-state index in [2.05, 4.69) is 0 Å². The molecule has 18 heavy (non-hydrogen) atoms. The van der Waals surface area contributed by atoms with Crippen molar-refractivity contribution in [3.8, 4) is 0 Å². The summed E-state index contributed by atoms with van der Waals surface area (Å²) in [5, 5.41) is 19.4. The van der Waals surface area contributed by atoms with Crippen molar-refractivity contribution in [2.45, 2.75) is 26.4 Å². The Balaban J connectivity index is 3.35. The molecule has 5 heteroatoms. The van der Waals surface area contributed by atoms with Crippen molar-refractivity contribution in [1.29, 1.82) is 0 Å². The molecule has 2 N–H and O–H groups in total. The third-order valence-electron chi connectivity index (χ3n) is 3.04. The first-order valence-electron chi connectivity index (χ1n) is 5.59. The number of aliphatic hydroxyl groups is 1. The SMILES string of the molecule is CC(C)C(C(=O)O)C(C)(O)c1cccc(F)c1F. The molecule has 0 aliphatic rings. The molecule has 0 aromatic heterocycles. The summed E-state index contributed by atoms with van der Waals surface area (Å²) in [5.41, 5.74) is -2.32. The van der Waals surface area contributed by atoms with Crippen molar-refractivity contribution < 1.29 is 23.8 Å². The fourth-order valence-electron chi connectivity index (χ4n) is 2.24. The normalized spacial score (nSPS) is 16.4. The van der Waals surface area contributed by atoms with E-state index < -0.39 is 35.0 Å². The lowest BCUT2D eigenvalue weighted by Crippen LogP contribution is -2.41. The van der Waals surface area contributed by atoms with Gasteiger partial charge in [-0.15, -0.1) is 0 Å². The third kappa shape index (κ3) is 2.51. The van der Waals surface area contributed by atoms with Gasteiger partial charge >= 0.3 is 5.97 Å². The summed E-state index contributed by atoms with van der Waals surface area (Å²) in [6.45, 7) is 4.39. The maximum absolute atomic E-state index is 13.7. The van der Waals surface area contributed by atoms with Gasteiger partial charge in [0.1, 0.15) is 5.60 Å². The third-order valence-corrected chi connectivity index (χ3v) is 3.04. The van der Waals surface area contributed by atoms with Gasteiger partial charge < -0.3 is 10.2 Å². The van der Waals surface area contributed by atoms with Crippen LogP contribution in [0.3, 0.4) is 0 Å². The number of halogens is 2. The molecule has 2 atom stereocenters. The highest BCUT2D eigenvalue weighted by atomic mass is 19.2. The Kier molecular flexibility index (Phi) is 4.06. The van der Waals surface area contributed by atoms with E-state index in [-0.39, 0.29) is 5.56 Å². The number of hydrogen-bond donors (Lipinski definition) is 2. The van der Waals surface area contributed by atoms with Crippen LogP contribution >= 0.6 is 0 Å². The van der Waals surface area contributed by atoms with Gasteiger partial charge in [0.05, 0.1) is 5.92 Å². The van der Waals surface area contributed by atoms with Gasteiger partial charge in [-0.25, -0.2) is 8.78 Å². The van der Waals surface area contributed by atoms with Crippen molar-refractivity contribution in [3.05, 3.63) is 35.4 Å². The van der Waals surface area contributed by atoms with Gasteiger partial charge in [-0.1, -0.05) is 26.0 Å². The summed E-state index contributed by atoms with van der Waals surface area (Å²) in [4.78, 5) is 11.2. The van der Waals surface area contributed by atoms with Crippen molar-refractivity contribution >= 4 is 5.97 Å². The van der Waals surface area contributed by atoms with E-state index >= 15 is 0 Å². The number of carboxylic acids is 1. The predicted octanol–water partition coefficient (Wildman–Crippen LogP) is 2.53. The Hall–Kier alpha value is -1.49. The molecule has 0 saturated carbocycles. The summed E-state index contributed by atoms with van der Waals surface area (Å²) in [6, 6.07) is 3.35. The number of hydrogen-bond acceptors (Lipinski definition) is 2. The molecule has 0 spiro atoms. The van der Waals surface area contributed by atoms with Crippen LogP contribution in [0, 0.1) is 23.5 Å². The minimum absolute atomic E-state index is 0.344. The summed E-state index contributed by atoms with van der Waals surface area (Å²) in [6.07, 6.45) is 0. The van der Waals surface area contributed by atoms with E-state index in [0.717, 1.165) is 6.07 Å². The number of rotatable bonds is 4. The number of benzene rings is 1. The van der Waals surface area contributed by atoms with Crippen LogP contribution in [-0.2, 0) is 10.4 Å². The summed E-state index contributed by atoms with van der Waals surface area (Å²) >= 11 is 0. The quantitative estimate of drug-likeness (QED) is 0.872. The number of carboxylic acid groups (broad SMARTS) is 1.